The first kappa shape index (κ1) is 45.0. The molecule has 0 spiro atoms. The van der Waals surface area contributed by atoms with E-state index >= 15 is 13.2 Å². The molecule has 2 aromatic heterocycles. The van der Waals surface area contributed by atoms with Crippen molar-refractivity contribution in [2.45, 2.75) is 81.7 Å². The second kappa shape index (κ2) is 17.3. The first-order chi connectivity index (χ1) is 33.8. The van der Waals surface area contributed by atoms with Gasteiger partial charge < -0.3 is 34.8 Å². The predicted octanol–water partition coefficient (Wildman–Crippen LogP) is 5.45. The van der Waals surface area contributed by atoms with Crippen LogP contribution in [0.5, 0.6) is 11.8 Å². The number of piperidine rings is 2. The highest BCUT2D eigenvalue weighted by Crippen LogP contribution is 2.48. The number of phenolic OH excluding ortho intramolecular Hbond substituents is 1. The highest BCUT2D eigenvalue weighted by Gasteiger charge is 2.47. The Hall–Kier alpha value is -6.18. The molecule has 366 valence electrons. The lowest BCUT2D eigenvalue weighted by Gasteiger charge is -2.43. The van der Waals surface area contributed by atoms with Gasteiger partial charge in [-0.05, 0) is 92.3 Å². The SMILES string of the molecule is O=C1CC[C@H](N2Cc3cc(N4CCN(CC5(F)CCN(CC6(COc7nc(N8CC9CCC(C8)N9)c8cnc(-c9cc(O)cc%10ccc(F)c(F)c9%10)c(F)c8n7)CC6)CC5)CC4)ccc3C2=O)C(=O)N1. The lowest BCUT2D eigenvalue weighted by molar-refractivity contribution is -0.136. The zero-order valence-corrected chi connectivity index (χ0v) is 38.7. The number of phenols is 1. The second-order valence-electron chi connectivity index (χ2n) is 20.7. The number of nitrogens with one attached hydrogen (secondary N) is 2. The highest BCUT2D eigenvalue weighted by atomic mass is 19.2. The van der Waals surface area contributed by atoms with E-state index in [1.807, 2.05) is 18.2 Å². The van der Waals surface area contributed by atoms with Crippen LogP contribution >= 0.6 is 0 Å². The van der Waals surface area contributed by atoms with E-state index in [2.05, 4.69) is 40.2 Å². The van der Waals surface area contributed by atoms with Crippen LogP contribution < -0.4 is 25.2 Å². The van der Waals surface area contributed by atoms with Gasteiger partial charge in [0, 0.05) is 124 Å². The van der Waals surface area contributed by atoms with E-state index in [4.69, 9.17) is 9.72 Å². The summed E-state index contributed by atoms with van der Waals surface area (Å²) in [5.74, 6) is -3.87. The third-order valence-corrected chi connectivity index (χ3v) is 15.9. The summed E-state index contributed by atoms with van der Waals surface area (Å²) in [5.41, 5.74) is 0.439. The van der Waals surface area contributed by atoms with E-state index < -0.39 is 35.1 Å². The predicted molar refractivity (Wildman–Crippen MR) is 252 cm³/mol. The van der Waals surface area contributed by atoms with Crippen LogP contribution in [0, 0.1) is 22.9 Å². The number of alkyl halides is 1. The first-order valence-corrected chi connectivity index (χ1v) is 24.5. The summed E-state index contributed by atoms with van der Waals surface area (Å²) in [7, 11) is 0. The Kier molecular flexibility index (Phi) is 11.1. The molecular weight excluding hydrogens is 909 g/mol. The van der Waals surface area contributed by atoms with Crippen LogP contribution in [0.3, 0.4) is 0 Å². The third-order valence-electron chi connectivity index (χ3n) is 15.9. The number of aromatic nitrogens is 3. The molecule has 6 fully saturated rings. The molecule has 5 aromatic rings. The number of imide groups is 1. The zero-order chi connectivity index (χ0) is 48.1. The van der Waals surface area contributed by atoms with Gasteiger partial charge in [-0.2, -0.15) is 9.97 Å². The number of rotatable bonds is 11. The van der Waals surface area contributed by atoms with Gasteiger partial charge in [0.2, 0.25) is 11.8 Å². The molecule has 70 heavy (non-hydrogen) atoms. The Morgan fingerprint density at radius 2 is 1.56 bits per heavy atom. The number of hydrogen-bond acceptors (Lipinski definition) is 13. The number of nitrogens with zero attached hydrogens (tertiary/aromatic N) is 8. The molecule has 12 rings (SSSR count). The highest BCUT2D eigenvalue weighted by molar-refractivity contribution is 6.05. The number of anilines is 2. The maximum Gasteiger partial charge on any atom is 0.319 e. The molecule has 15 nitrogen and oxygen atoms in total. The van der Waals surface area contributed by atoms with Crippen LogP contribution in [0.15, 0.2) is 48.7 Å². The van der Waals surface area contributed by atoms with Crippen molar-refractivity contribution in [3.8, 4) is 23.0 Å². The number of ether oxygens (including phenoxy) is 1. The molecule has 5 saturated heterocycles. The monoisotopic (exact) mass is 962 g/mol. The molecule has 3 amide bonds. The Morgan fingerprint density at radius 1 is 0.800 bits per heavy atom. The largest absolute Gasteiger partial charge is 0.508 e. The summed E-state index contributed by atoms with van der Waals surface area (Å²) in [6.07, 6.45) is 6.64. The average molecular weight is 963 g/mol. The Balaban J connectivity index is 0.687. The van der Waals surface area contributed by atoms with Crippen LogP contribution in [-0.2, 0) is 16.1 Å². The number of amides is 3. The summed E-state index contributed by atoms with van der Waals surface area (Å²) in [6, 6.07) is 10.3. The number of carbonyl (C=O) groups is 3. The van der Waals surface area contributed by atoms with E-state index in [-0.39, 0.29) is 81.6 Å². The molecule has 3 atom stereocenters. The maximum atomic E-state index is 17.0. The quantitative estimate of drug-likeness (QED) is 0.113. The number of aromatic hydroxyl groups is 1. The van der Waals surface area contributed by atoms with E-state index in [0.717, 1.165) is 49.5 Å². The molecule has 19 heteroatoms. The lowest BCUT2D eigenvalue weighted by atomic mass is 9.91. The van der Waals surface area contributed by atoms with Crippen LogP contribution in [0.4, 0.5) is 29.1 Å². The topological polar surface area (TPSA) is 160 Å². The number of likely N-dealkylation sites (tertiary alicyclic amines) is 1. The summed E-state index contributed by atoms with van der Waals surface area (Å²) >= 11 is 0. The molecule has 2 unspecified atom stereocenters. The summed E-state index contributed by atoms with van der Waals surface area (Å²) in [5, 5.41) is 16.9. The zero-order valence-electron chi connectivity index (χ0n) is 38.7. The Labute approximate surface area is 401 Å². The van der Waals surface area contributed by atoms with Gasteiger partial charge in [0.15, 0.2) is 17.5 Å². The fraction of sp³-hybridized carbons (Fsp3) is 0.490. The molecule has 3 aromatic carbocycles. The second-order valence-corrected chi connectivity index (χ2v) is 20.7. The van der Waals surface area contributed by atoms with Crippen molar-refractivity contribution in [2.75, 3.05) is 81.9 Å². The van der Waals surface area contributed by atoms with Gasteiger partial charge in [-0.25, -0.2) is 17.6 Å². The summed E-state index contributed by atoms with van der Waals surface area (Å²) < 4.78 is 69.8. The van der Waals surface area contributed by atoms with Gasteiger partial charge in [0.1, 0.15) is 34.5 Å². The van der Waals surface area contributed by atoms with Crippen molar-refractivity contribution < 1.29 is 41.8 Å². The smallest absolute Gasteiger partial charge is 0.319 e. The molecule has 0 radical (unpaired) electrons. The average Bonchev–Trinajstić information content (AvgIpc) is 3.93. The molecule has 1 aliphatic carbocycles. The van der Waals surface area contributed by atoms with Crippen LogP contribution in [-0.4, -0.2) is 148 Å². The van der Waals surface area contributed by atoms with Gasteiger partial charge in [-0.3, -0.25) is 29.6 Å². The Bertz CT molecular complexity index is 2950. The minimum Gasteiger partial charge on any atom is -0.508 e. The number of fused-ring (bicyclic) bond motifs is 5. The van der Waals surface area contributed by atoms with Crippen LogP contribution in [0.1, 0.15) is 67.3 Å². The third kappa shape index (κ3) is 8.32. The summed E-state index contributed by atoms with van der Waals surface area (Å²) in [4.78, 5) is 61.8. The number of piperazine rings is 2. The normalized spacial score (nSPS) is 24.4. The lowest BCUT2D eigenvalue weighted by Crippen LogP contribution is -2.54. The standard InChI is InChI=1S/C51H54F4N10O5/c52-38-6-1-29-20-34(66)21-36(41(29)42(38)53)44-43(54)45-37(22-56-44)46(64-24-31-2-3-32(25-64)57-31)60-49(59-45)70-28-50(9-10-50)26-61-13-11-51(55,12-14-61)27-62-15-17-63(18-16-62)33-4-5-35-30(19-33)23-65(48(35)69)39-7-8-40(67)58-47(39)68/h1,4-6,19-22,31-32,39,57,66H,2-3,7-18,23-28H2,(H,58,67,68)/t31?,32?,39-/m0/s1. The summed E-state index contributed by atoms with van der Waals surface area (Å²) in [6.45, 7) is 7.03. The minimum absolute atomic E-state index is 0.00193. The van der Waals surface area contributed by atoms with E-state index in [1.165, 1.54) is 24.4 Å². The van der Waals surface area contributed by atoms with Gasteiger partial charge in [-0.1, -0.05) is 6.07 Å². The maximum absolute atomic E-state index is 17.0. The van der Waals surface area contributed by atoms with Gasteiger partial charge >= 0.3 is 6.01 Å². The van der Waals surface area contributed by atoms with Crippen molar-refractivity contribution in [1.82, 2.24) is 40.3 Å². The van der Waals surface area contributed by atoms with Crippen LogP contribution in [0.25, 0.3) is 32.9 Å². The number of halogens is 4. The molecule has 2 bridgehead atoms. The van der Waals surface area contributed by atoms with Gasteiger partial charge in [0.25, 0.3) is 5.91 Å². The number of carbonyl (C=O) groups excluding carboxylic acids is 3. The fourth-order valence-electron chi connectivity index (χ4n) is 11.9. The number of pyridine rings is 1. The molecular formula is C51H54F4N10O5. The first-order valence-electron chi connectivity index (χ1n) is 24.5. The van der Waals surface area contributed by atoms with E-state index in [0.29, 0.717) is 101 Å². The van der Waals surface area contributed by atoms with Crippen molar-refractivity contribution in [3.63, 3.8) is 0 Å². The number of benzene rings is 3. The van der Waals surface area contributed by atoms with Crippen LogP contribution in [0.2, 0.25) is 0 Å². The minimum atomic E-state index is -1.32. The molecule has 6 aliphatic heterocycles. The molecule has 8 heterocycles. The Morgan fingerprint density at radius 3 is 2.30 bits per heavy atom. The fourth-order valence-corrected chi connectivity index (χ4v) is 11.9. The van der Waals surface area contributed by atoms with Crippen molar-refractivity contribution in [3.05, 3.63) is 77.2 Å². The van der Waals surface area contributed by atoms with E-state index in [9.17, 15) is 23.9 Å². The van der Waals surface area contributed by atoms with Gasteiger partial charge in [0.05, 0.1) is 12.0 Å². The van der Waals surface area contributed by atoms with Crippen molar-refractivity contribution >= 4 is 50.9 Å². The molecule has 7 aliphatic rings. The molecule has 3 N–H and O–H groups in total. The van der Waals surface area contributed by atoms with Gasteiger partial charge in [-0.15, -0.1) is 0 Å². The number of hydrogen-bond donors (Lipinski definition) is 3. The van der Waals surface area contributed by atoms with E-state index in [1.54, 1.807) is 4.90 Å². The molecule has 1 saturated carbocycles. The van der Waals surface area contributed by atoms with Crippen molar-refractivity contribution in [1.29, 1.82) is 0 Å². The van der Waals surface area contributed by atoms with Crippen molar-refractivity contribution in [2.24, 2.45) is 5.41 Å².